The lowest BCUT2D eigenvalue weighted by atomic mass is 10.4. The second-order valence-corrected chi connectivity index (χ2v) is 3.05. The van der Waals surface area contributed by atoms with Crippen LogP contribution in [0.3, 0.4) is 0 Å². The number of aromatic nitrogens is 3. The van der Waals surface area contributed by atoms with Crippen LogP contribution in [0.5, 0.6) is 0 Å². The van der Waals surface area contributed by atoms with Gasteiger partial charge in [0, 0.05) is 5.38 Å². The molecular weight excluding hydrogens is 194 g/mol. The molecule has 0 saturated carbocycles. The van der Waals surface area contributed by atoms with E-state index in [1.165, 1.54) is 11.7 Å². The lowest BCUT2D eigenvalue weighted by molar-refractivity contribution is 0.0695. The van der Waals surface area contributed by atoms with Crippen LogP contribution in [0.1, 0.15) is 10.4 Å². The summed E-state index contributed by atoms with van der Waals surface area (Å²) in [6.45, 7) is 0. The van der Waals surface area contributed by atoms with Gasteiger partial charge in [0.2, 0.25) is 4.96 Å². The molecule has 0 bridgehead atoms. The summed E-state index contributed by atoms with van der Waals surface area (Å²) in [6, 6.07) is 0. The van der Waals surface area contributed by atoms with Gasteiger partial charge in [-0.1, -0.05) is 0 Å². The van der Waals surface area contributed by atoms with Gasteiger partial charge in [0.25, 0.3) is 5.56 Å². The maximum atomic E-state index is 11.3. The Hall–Kier alpha value is -1.76. The fourth-order valence-electron chi connectivity index (χ4n) is 0.869. The Morgan fingerprint density at radius 2 is 2.38 bits per heavy atom. The smallest absolute Gasteiger partial charge is 0.342 e. The number of rotatable bonds is 1. The van der Waals surface area contributed by atoms with Crippen LogP contribution in [0.15, 0.2) is 16.5 Å². The normalized spacial score (nSPS) is 10.5. The van der Waals surface area contributed by atoms with Crippen molar-refractivity contribution in [2.45, 2.75) is 0 Å². The Morgan fingerprint density at radius 3 is 3.08 bits per heavy atom. The highest BCUT2D eigenvalue weighted by Gasteiger charge is 2.11. The first kappa shape index (κ1) is 7.87. The number of aromatic carboxylic acids is 1. The van der Waals surface area contributed by atoms with E-state index in [1.807, 2.05) is 0 Å². The van der Waals surface area contributed by atoms with Gasteiger partial charge in [-0.2, -0.15) is 9.61 Å². The van der Waals surface area contributed by atoms with Gasteiger partial charge in [-0.15, -0.1) is 11.3 Å². The highest BCUT2D eigenvalue weighted by atomic mass is 32.1. The van der Waals surface area contributed by atoms with E-state index in [4.69, 9.17) is 5.11 Å². The first-order valence-electron chi connectivity index (χ1n) is 3.25. The third-order valence-corrected chi connectivity index (χ3v) is 2.29. The monoisotopic (exact) mass is 197 g/mol. The maximum absolute atomic E-state index is 11.3. The quantitative estimate of drug-likeness (QED) is 0.687. The van der Waals surface area contributed by atoms with E-state index in [9.17, 15) is 9.59 Å². The fraction of sp³-hybridized carbons (Fsp3) is 0. The molecule has 0 unspecified atom stereocenters. The Bertz CT molecular complexity index is 529. The van der Waals surface area contributed by atoms with Gasteiger partial charge in [0.1, 0.15) is 11.9 Å². The maximum Gasteiger partial charge on any atom is 0.342 e. The zero-order chi connectivity index (χ0) is 9.42. The molecule has 0 fully saturated rings. The number of carboxylic acids is 1. The fourth-order valence-corrected chi connectivity index (χ4v) is 1.63. The van der Waals surface area contributed by atoms with Crippen LogP contribution in [0.2, 0.25) is 0 Å². The summed E-state index contributed by atoms with van der Waals surface area (Å²) in [4.78, 5) is 26.0. The van der Waals surface area contributed by atoms with Crippen molar-refractivity contribution < 1.29 is 9.90 Å². The molecule has 13 heavy (non-hydrogen) atoms. The standard InChI is InChI=1S/C6H3N3O3S/c10-4-3(5(11)12)1-13-6-7-2-8-9(4)6/h1-2H,(H,11,12). The zero-order valence-electron chi connectivity index (χ0n) is 6.17. The van der Waals surface area contributed by atoms with Crippen molar-refractivity contribution in [3.05, 3.63) is 27.6 Å². The van der Waals surface area contributed by atoms with E-state index < -0.39 is 11.5 Å². The van der Waals surface area contributed by atoms with Crippen molar-refractivity contribution in [1.82, 2.24) is 14.6 Å². The third-order valence-electron chi connectivity index (χ3n) is 1.45. The van der Waals surface area contributed by atoms with Crippen LogP contribution in [0.4, 0.5) is 0 Å². The van der Waals surface area contributed by atoms with E-state index >= 15 is 0 Å². The Labute approximate surface area is 75.1 Å². The molecule has 66 valence electrons. The van der Waals surface area contributed by atoms with Crippen LogP contribution in [-0.4, -0.2) is 25.7 Å². The summed E-state index contributed by atoms with van der Waals surface area (Å²) in [5, 5.41) is 13.5. The van der Waals surface area contributed by atoms with Gasteiger partial charge in [0.15, 0.2) is 0 Å². The summed E-state index contributed by atoms with van der Waals surface area (Å²) >= 11 is 1.06. The predicted molar refractivity (Wildman–Crippen MR) is 44.1 cm³/mol. The number of carboxylic acid groups (broad SMARTS) is 1. The molecule has 2 rings (SSSR count). The molecule has 0 spiro atoms. The molecule has 2 heterocycles. The second kappa shape index (κ2) is 2.63. The molecule has 1 N–H and O–H groups in total. The van der Waals surface area contributed by atoms with Crippen molar-refractivity contribution >= 4 is 22.3 Å². The Balaban J connectivity index is 2.89. The molecular formula is C6H3N3O3S. The summed E-state index contributed by atoms with van der Waals surface area (Å²) < 4.78 is 0.966. The molecule has 0 aromatic carbocycles. The van der Waals surface area contributed by atoms with Gasteiger partial charge in [-0.3, -0.25) is 4.79 Å². The summed E-state index contributed by atoms with van der Waals surface area (Å²) in [6.07, 6.45) is 1.21. The van der Waals surface area contributed by atoms with Gasteiger partial charge in [0.05, 0.1) is 0 Å². The molecule has 0 aliphatic heterocycles. The van der Waals surface area contributed by atoms with Gasteiger partial charge < -0.3 is 5.11 Å². The van der Waals surface area contributed by atoms with Crippen LogP contribution < -0.4 is 5.56 Å². The molecule has 7 heteroatoms. The minimum absolute atomic E-state index is 0.289. The summed E-state index contributed by atoms with van der Waals surface area (Å²) in [5.41, 5.74) is -0.943. The minimum Gasteiger partial charge on any atom is -0.477 e. The van der Waals surface area contributed by atoms with E-state index in [0.717, 1.165) is 15.9 Å². The minimum atomic E-state index is -1.25. The van der Waals surface area contributed by atoms with E-state index in [1.54, 1.807) is 0 Å². The first-order valence-corrected chi connectivity index (χ1v) is 4.13. The lowest BCUT2D eigenvalue weighted by Gasteiger charge is -1.91. The summed E-state index contributed by atoms with van der Waals surface area (Å²) in [5.74, 6) is -1.25. The number of fused-ring (bicyclic) bond motifs is 1. The molecule has 0 amide bonds. The number of hydrogen-bond donors (Lipinski definition) is 1. The van der Waals surface area contributed by atoms with E-state index in [0.29, 0.717) is 4.96 Å². The van der Waals surface area contributed by atoms with Gasteiger partial charge >= 0.3 is 5.97 Å². The van der Waals surface area contributed by atoms with Gasteiger partial charge in [-0.25, -0.2) is 9.78 Å². The van der Waals surface area contributed by atoms with Gasteiger partial charge in [-0.05, 0) is 0 Å². The van der Waals surface area contributed by atoms with E-state index in [-0.39, 0.29) is 5.56 Å². The van der Waals surface area contributed by atoms with Crippen LogP contribution in [-0.2, 0) is 0 Å². The predicted octanol–water partition coefficient (Wildman–Crippen LogP) is -0.151. The molecule has 0 saturated heterocycles. The van der Waals surface area contributed by atoms with E-state index in [2.05, 4.69) is 10.1 Å². The molecule has 0 radical (unpaired) electrons. The average molecular weight is 197 g/mol. The van der Waals surface area contributed by atoms with Crippen molar-refractivity contribution in [2.24, 2.45) is 0 Å². The van der Waals surface area contributed by atoms with Crippen LogP contribution in [0.25, 0.3) is 4.96 Å². The highest BCUT2D eigenvalue weighted by molar-refractivity contribution is 7.15. The highest BCUT2D eigenvalue weighted by Crippen LogP contribution is 2.04. The third kappa shape index (κ3) is 1.09. The molecule has 2 aromatic heterocycles. The zero-order valence-corrected chi connectivity index (χ0v) is 6.98. The summed E-state index contributed by atoms with van der Waals surface area (Å²) in [7, 11) is 0. The van der Waals surface area contributed by atoms with Crippen molar-refractivity contribution in [2.75, 3.05) is 0 Å². The van der Waals surface area contributed by atoms with Crippen molar-refractivity contribution in [1.29, 1.82) is 0 Å². The molecule has 0 atom stereocenters. The lowest BCUT2D eigenvalue weighted by Crippen LogP contribution is -2.21. The van der Waals surface area contributed by atoms with Crippen molar-refractivity contribution in [3.8, 4) is 0 Å². The van der Waals surface area contributed by atoms with Crippen LogP contribution in [0, 0.1) is 0 Å². The first-order chi connectivity index (χ1) is 6.20. The number of nitrogens with zero attached hydrogens (tertiary/aromatic N) is 3. The molecule has 0 aliphatic carbocycles. The van der Waals surface area contributed by atoms with Crippen LogP contribution >= 0.6 is 11.3 Å². The molecule has 6 nitrogen and oxygen atoms in total. The largest absolute Gasteiger partial charge is 0.477 e. The molecule has 0 aliphatic rings. The Kier molecular flexibility index (Phi) is 1.59. The number of carbonyl (C=O) groups is 1. The Morgan fingerprint density at radius 1 is 1.62 bits per heavy atom. The SMILES string of the molecule is O=C(O)c1csc2ncnn2c1=O. The second-order valence-electron chi connectivity index (χ2n) is 2.21. The number of hydrogen-bond acceptors (Lipinski definition) is 5. The average Bonchev–Trinajstić information content (AvgIpc) is 2.52. The topological polar surface area (TPSA) is 84.6 Å². The molecule has 2 aromatic rings. The van der Waals surface area contributed by atoms with Crippen molar-refractivity contribution in [3.63, 3.8) is 0 Å².